The maximum absolute atomic E-state index is 5.88. The number of hydrogen-bond acceptors (Lipinski definition) is 2. The van der Waals surface area contributed by atoms with Gasteiger partial charge in [-0.3, -0.25) is 0 Å². The molecule has 0 aliphatic carbocycles. The van der Waals surface area contributed by atoms with Crippen LogP contribution in [-0.2, 0) is 6.42 Å². The minimum Gasteiger partial charge on any atom is -0.481 e. The molecule has 3 heteroatoms. The summed E-state index contributed by atoms with van der Waals surface area (Å²) in [4.78, 5) is 0. The van der Waals surface area contributed by atoms with Gasteiger partial charge in [0.25, 0.3) is 0 Å². The fourth-order valence-corrected chi connectivity index (χ4v) is 2.38. The van der Waals surface area contributed by atoms with Gasteiger partial charge in [0.05, 0.1) is 0 Å². The van der Waals surface area contributed by atoms with Gasteiger partial charge in [0.2, 0.25) is 0 Å². The van der Waals surface area contributed by atoms with E-state index in [0.29, 0.717) is 6.61 Å². The summed E-state index contributed by atoms with van der Waals surface area (Å²) in [5, 5.41) is 0. The van der Waals surface area contributed by atoms with Crippen LogP contribution >= 0.6 is 15.9 Å². The highest BCUT2D eigenvalue weighted by Gasteiger charge is 2.06. The summed E-state index contributed by atoms with van der Waals surface area (Å²) >= 11 is 3.47. The zero-order valence-electron chi connectivity index (χ0n) is 12.0. The molecule has 0 saturated heterocycles. The van der Waals surface area contributed by atoms with Crippen LogP contribution < -0.4 is 10.5 Å². The Morgan fingerprint density at radius 2 is 1.95 bits per heavy atom. The molecule has 108 valence electrons. The van der Waals surface area contributed by atoms with Crippen LogP contribution in [0.1, 0.15) is 18.1 Å². The molecule has 0 bridgehead atoms. The summed E-state index contributed by atoms with van der Waals surface area (Å²) < 4.78 is 6.79. The molecule has 2 aromatic rings. The monoisotopic (exact) mass is 343 g/mol. The zero-order chi connectivity index (χ0) is 15.1. The minimum atomic E-state index is 0.0945. The molecule has 2 aromatic carbocycles. The predicted octanol–water partition coefficient (Wildman–Crippen LogP) is 3.77. The van der Waals surface area contributed by atoms with Crippen LogP contribution in [0, 0.1) is 11.8 Å². The molecule has 0 saturated carbocycles. The molecule has 1 unspecified atom stereocenters. The Morgan fingerprint density at radius 3 is 2.67 bits per heavy atom. The lowest BCUT2D eigenvalue weighted by atomic mass is 10.1. The van der Waals surface area contributed by atoms with E-state index in [1.165, 1.54) is 0 Å². The first-order chi connectivity index (χ1) is 10.1. The summed E-state index contributed by atoms with van der Waals surface area (Å²) in [7, 11) is 0. The molecule has 1 atom stereocenters. The van der Waals surface area contributed by atoms with Gasteiger partial charge in [0, 0.05) is 16.1 Å². The van der Waals surface area contributed by atoms with E-state index in [4.69, 9.17) is 10.5 Å². The predicted molar refractivity (Wildman–Crippen MR) is 90.3 cm³/mol. The van der Waals surface area contributed by atoms with Crippen LogP contribution in [0.3, 0.4) is 0 Å². The molecule has 2 nitrogen and oxygen atoms in total. The third-order valence-corrected chi connectivity index (χ3v) is 3.36. The molecule has 0 fully saturated rings. The number of ether oxygens (including phenoxy) is 1. The second kappa shape index (κ2) is 7.87. The maximum atomic E-state index is 5.88. The fraction of sp³-hybridized carbons (Fsp3) is 0.222. The van der Waals surface area contributed by atoms with Gasteiger partial charge in [-0.05, 0) is 49.2 Å². The first-order valence-corrected chi connectivity index (χ1v) is 7.65. The van der Waals surface area contributed by atoms with E-state index in [-0.39, 0.29) is 6.04 Å². The number of halogens is 1. The van der Waals surface area contributed by atoms with Gasteiger partial charge in [-0.1, -0.05) is 46.0 Å². The topological polar surface area (TPSA) is 35.2 Å². The van der Waals surface area contributed by atoms with Crippen molar-refractivity contribution >= 4 is 15.9 Å². The van der Waals surface area contributed by atoms with E-state index in [1.54, 1.807) is 0 Å². The van der Waals surface area contributed by atoms with Gasteiger partial charge in [0.15, 0.2) is 0 Å². The Balaban J connectivity index is 2.02. The van der Waals surface area contributed by atoms with Gasteiger partial charge in [-0.2, -0.15) is 0 Å². The van der Waals surface area contributed by atoms with Crippen molar-refractivity contribution in [1.82, 2.24) is 0 Å². The number of hydrogen-bond donors (Lipinski definition) is 1. The van der Waals surface area contributed by atoms with Crippen molar-refractivity contribution in [2.45, 2.75) is 19.4 Å². The van der Waals surface area contributed by atoms with Crippen molar-refractivity contribution in [3.05, 3.63) is 64.1 Å². The van der Waals surface area contributed by atoms with Crippen LogP contribution in [0.15, 0.2) is 53.0 Å². The molecule has 0 aliphatic rings. The highest BCUT2D eigenvalue weighted by atomic mass is 79.9. The molecule has 0 heterocycles. The Kier molecular flexibility index (Phi) is 5.86. The summed E-state index contributed by atoms with van der Waals surface area (Å²) in [6.45, 7) is 2.35. The summed E-state index contributed by atoms with van der Waals surface area (Å²) in [6.07, 6.45) is 0.779. The van der Waals surface area contributed by atoms with Crippen LogP contribution in [-0.4, -0.2) is 12.6 Å². The summed E-state index contributed by atoms with van der Waals surface area (Å²) in [6, 6.07) is 15.9. The van der Waals surface area contributed by atoms with E-state index in [1.807, 2.05) is 55.5 Å². The highest BCUT2D eigenvalue weighted by Crippen LogP contribution is 2.24. The smallest absolute Gasteiger partial charge is 0.149 e. The van der Waals surface area contributed by atoms with Crippen molar-refractivity contribution in [2.75, 3.05) is 6.61 Å². The summed E-state index contributed by atoms with van der Waals surface area (Å²) in [5.74, 6) is 6.95. The van der Waals surface area contributed by atoms with Gasteiger partial charge >= 0.3 is 0 Å². The number of rotatable bonds is 4. The molecular formula is C18H18BrNO. The standard InChI is InChI=1S/C18H18BrNO/c1-14(20)12-16-13-17(19)9-10-18(16)21-11-5-8-15-6-3-2-4-7-15/h2-4,6-7,9-10,13-14H,11-12,20H2,1H3. The van der Waals surface area contributed by atoms with Crippen LogP contribution in [0.2, 0.25) is 0 Å². The Morgan fingerprint density at radius 1 is 1.19 bits per heavy atom. The van der Waals surface area contributed by atoms with Gasteiger partial charge in [0.1, 0.15) is 12.4 Å². The number of nitrogens with two attached hydrogens (primary N) is 1. The molecule has 2 rings (SSSR count). The summed E-state index contributed by atoms with van der Waals surface area (Å²) in [5.41, 5.74) is 7.97. The van der Waals surface area contributed by atoms with Crippen molar-refractivity contribution in [1.29, 1.82) is 0 Å². The van der Waals surface area contributed by atoms with Gasteiger partial charge < -0.3 is 10.5 Å². The zero-order valence-corrected chi connectivity index (χ0v) is 13.6. The van der Waals surface area contributed by atoms with Crippen molar-refractivity contribution in [3.63, 3.8) is 0 Å². The first-order valence-electron chi connectivity index (χ1n) is 6.86. The quantitative estimate of drug-likeness (QED) is 0.857. The van der Waals surface area contributed by atoms with E-state index < -0.39 is 0 Å². The lowest BCUT2D eigenvalue weighted by Crippen LogP contribution is -2.18. The van der Waals surface area contributed by atoms with Crippen LogP contribution in [0.25, 0.3) is 0 Å². The van der Waals surface area contributed by atoms with E-state index in [0.717, 1.165) is 27.8 Å². The minimum absolute atomic E-state index is 0.0945. The molecule has 0 aromatic heterocycles. The van der Waals surface area contributed by atoms with Gasteiger partial charge in [-0.15, -0.1) is 0 Å². The van der Waals surface area contributed by atoms with Crippen molar-refractivity contribution in [3.8, 4) is 17.6 Å². The van der Waals surface area contributed by atoms with Crippen LogP contribution in [0.5, 0.6) is 5.75 Å². The Labute approximate surface area is 134 Å². The molecule has 0 spiro atoms. The van der Waals surface area contributed by atoms with E-state index in [2.05, 4.69) is 27.8 Å². The SMILES string of the molecule is CC(N)Cc1cc(Br)ccc1OCC#Cc1ccccc1. The fourth-order valence-electron chi connectivity index (χ4n) is 1.97. The first kappa shape index (κ1) is 15.6. The lowest BCUT2D eigenvalue weighted by Gasteiger charge is -2.12. The van der Waals surface area contributed by atoms with E-state index in [9.17, 15) is 0 Å². The normalized spacial score (nSPS) is 11.4. The molecule has 0 aliphatic heterocycles. The lowest BCUT2D eigenvalue weighted by molar-refractivity contribution is 0.365. The third-order valence-electron chi connectivity index (χ3n) is 2.87. The third kappa shape index (κ3) is 5.26. The average Bonchev–Trinajstić information content (AvgIpc) is 2.46. The van der Waals surface area contributed by atoms with Crippen LogP contribution in [0.4, 0.5) is 0 Å². The largest absolute Gasteiger partial charge is 0.481 e. The molecule has 0 radical (unpaired) electrons. The second-order valence-electron chi connectivity index (χ2n) is 4.89. The molecule has 21 heavy (non-hydrogen) atoms. The Hall–Kier alpha value is -1.76. The highest BCUT2D eigenvalue weighted by molar-refractivity contribution is 9.10. The molecule has 2 N–H and O–H groups in total. The van der Waals surface area contributed by atoms with Crippen molar-refractivity contribution in [2.24, 2.45) is 5.73 Å². The molecular weight excluding hydrogens is 326 g/mol. The van der Waals surface area contributed by atoms with Crippen molar-refractivity contribution < 1.29 is 4.74 Å². The van der Waals surface area contributed by atoms with E-state index >= 15 is 0 Å². The number of benzene rings is 2. The average molecular weight is 344 g/mol. The molecule has 0 amide bonds. The Bertz CT molecular complexity index is 641. The second-order valence-corrected chi connectivity index (χ2v) is 5.81. The van der Waals surface area contributed by atoms with Gasteiger partial charge in [-0.25, -0.2) is 0 Å². The maximum Gasteiger partial charge on any atom is 0.149 e.